The van der Waals surface area contributed by atoms with Crippen LogP contribution in [0.2, 0.25) is 10.0 Å². The largest absolute Gasteiger partial charge is 0.276 e. The predicted octanol–water partition coefficient (Wildman–Crippen LogP) is 6.80. The van der Waals surface area contributed by atoms with Crippen molar-refractivity contribution in [1.82, 2.24) is 9.89 Å². The Balaban J connectivity index is 1.92. The molecule has 0 spiro atoms. The molecule has 0 atom stereocenters. The summed E-state index contributed by atoms with van der Waals surface area (Å²) in [5.74, 6) is 0. The number of rotatable bonds is 8. The van der Waals surface area contributed by atoms with Gasteiger partial charge in [0, 0.05) is 26.7 Å². The predicted molar refractivity (Wildman–Crippen MR) is 135 cm³/mol. The van der Waals surface area contributed by atoms with E-state index in [1.165, 1.54) is 4.79 Å². The highest BCUT2D eigenvalue weighted by atomic mass is 35.5. The van der Waals surface area contributed by atoms with Crippen LogP contribution in [0.4, 0.5) is 0 Å². The molecule has 1 heterocycles. The lowest BCUT2D eigenvalue weighted by atomic mass is 9.98. The number of sulfonamides is 1. The van der Waals surface area contributed by atoms with Crippen molar-refractivity contribution in [2.24, 2.45) is 0 Å². The van der Waals surface area contributed by atoms with Crippen molar-refractivity contribution in [1.29, 1.82) is 0 Å². The molecule has 1 N–H and O–H groups in total. The van der Waals surface area contributed by atoms with Gasteiger partial charge in [0.1, 0.15) is 0 Å². The van der Waals surface area contributed by atoms with Gasteiger partial charge in [0.05, 0.1) is 16.3 Å². The van der Waals surface area contributed by atoms with Crippen molar-refractivity contribution in [2.45, 2.75) is 31.1 Å². The third-order valence-corrected chi connectivity index (χ3v) is 7.07. The smallest absolute Gasteiger partial charge is 0.200 e. The number of benzene rings is 3. The van der Waals surface area contributed by atoms with Gasteiger partial charge in [-0.15, -0.1) is 0 Å². The Hall–Kier alpha value is -2.80. The van der Waals surface area contributed by atoms with E-state index < -0.39 is 10.0 Å². The van der Waals surface area contributed by atoms with E-state index in [1.807, 2.05) is 24.3 Å². The van der Waals surface area contributed by atoms with E-state index in [9.17, 15) is 8.42 Å². The molecule has 5 nitrogen and oxygen atoms in total. The van der Waals surface area contributed by atoms with E-state index in [0.29, 0.717) is 21.4 Å². The van der Waals surface area contributed by atoms with Gasteiger partial charge in [-0.05, 0) is 49.2 Å². The molecule has 3 aromatic carbocycles. The fourth-order valence-corrected chi connectivity index (χ4v) is 4.85. The van der Waals surface area contributed by atoms with E-state index in [0.717, 1.165) is 36.0 Å². The first-order chi connectivity index (χ1) is 15.9. The minimum absolute atomic E-state index is 0.158. The first-order valence-corrected chi connectivity index (χ1v) is 12.8. The number of nitrogens with one attached hydrogen (secondary N) is 1. The fraction of sp³-hybridized carbons (Fsp3) is 0.160. The molecular weight excluding hydrogens is 477 g/mol. The zero-order valence-electron chi connectivity index (χ0n) is 18.0. The van der Waals surface area contributed by atoms with E-state index in [2.05, 4.69) is 11.8 Å². The van der Waals surface area contributed by atoms with Gasteiger partial charge < -0.3 is 0 Å². The Kier molecular flexibility index (Phi) is 7.08. The minimum atomic E-state index is -3.86. The maximum Gasteiger partial charge on any atom is 0.276 e. The molecule has 8 heteroatoms. The first kappa shape index (κ1) is 23.4. The summed E-state index contributed by atoms with van der Waals surface area (Å²) in [5.41, 5.74) is 4.02. The molecule has 0 aliphatic carbocycles. The second-order valence-electron chi connectivity index (χ2n) is 7.61. The normalized spacial score (nSPS) is 11.5. The summed E-state index contributed by atoms with van der Waals surface area (Å²) >= 11 is 12.2. The Bertz CT molecular complexity index is 1340. The highest BCUT2D eigenvalue weighted by Crippen LogP contribution is 2.34. The van der Waals surface area contributed by atoms with Crippen LogP contribution in [0.1, 0.15) is 25.3 Å². The highest BCUT2D eigenvalue weighted by molar-refractivity contribution is 7.92. The van der Waals surface area contributed by atoms with Gasteiger partial charge in [0.2, 0.25) is 0 Å². The van der Waals surface area contributed by atoms with Crippen molar-refractivity contribution in [2.75, 3.05) is 4.83 Å². The Morgan fingerprint density at radius 1 is 0.848 bits per heavy atom. The summed E-state index contributed by atoms with van der Waals surface area (Å²) in [7, 11) is -3.86. The summed E-state index contributed by atoms with van der Waals surface area (Å²) in [6.45, 7) is 2.12. The van der Waals surface area contributed by atoms with E-state index in [-0.39, 0.29) is 4.90 Å². The van der Waals surface area contributed by atoms with Crippen LogP contribution >= 0.6 is 23.2 Å². The topological polar surface area (TPSA) is 64.0 Å². The molecule has 0 aliphatic heterocycles. The van der Waals surface area contributed by atoms with Crippen LogP contribution in [0, 0.1) is 0 Å². The third kappa shape index (κ3) is 5.24. The van der Waals surface area contributed by atoms with Crippen molar-refractivity contribution in [3.8, 4) is 22.5 Å². The van der Waals surface area contributed by atoms with Gasteiger partial charge >= 0.3 is 0 Å². The second-order valence-corrected chi connectivity index (χ2v) is 10.1. The summed E-state index contributed by atoms with van der Waals surface area (Å²) in [6.07, 6.45) is 2.65. The summed E-state index contributed by atoms with van der Waals surface area (Å²) in [5, 5.41) is 5.94. The van der Waals surface area contributed by atoms with Crippen LogP contribution in [-0.4, -0.2) is 18.3 Å². The van der Waals surface area contributed by atoms with E-state index in [4.69, 9.17) is 28.3 Å². The number of hydrogen-bond donors (Lipinski definition) is 1. The molecule has 4 aromatic rings. The fourth-order valence-electron chi connectivity index (χ4n) is 3.62. The van der Waals surface area contributed by atoms with Crippen molar-refractivity contribution < 1.29 is 8.42 Å². The third-order valence-electron chi connectivity index (χ3n) is 5.26. The van der Waals surface area contributed by atoms with Crippen LogP contribution in [0.25, 0.3) is 22.5 Å². The molecule has 0 radical (unpaired) electrons. The van der Waals surface area contributed by atoms with Gasteiger partial charge in [-0.25, -0.2) is 0 Å². The van der Waals surface area contributed by atoms with Gasteiger partial charge in [-0.1, -0.05) is 79.0 Å². The number of aromatic nitrogens is 2. The maximum absolute atomic E-state index is 13.1. The molecule has 0 bridgehead atoms. The molecule has 0 unspecified atom stereocenters. The quantitative estimate of drug-likeness (QED) is 0.290. The van der Waals surface area contributed by atoms with E-state index in [1.54, 1.807) is 54.6 Å². The summed E-state index contributed by atoms with van der Waals surface area (Å²) < 4.78 is 26.3. The average Bonchev–Trinajstić information content (AvgIpc) is 3.16. The van der Waals surface area contributed by atoms with Gasteiger partial charge in [0.25, 0.3) is 10.0 Å². The Morgan fingerprint density at radius 2 is 1.42 bits per heavy atom. The van der Waals surface area contributed by atoms with Crippen LogP contribution in [0.3, 0.4) is 0 Å². The van der Waals surface area contributed by atoms with Gasteiger partial charge in [-0.3, -0.25) is 0 Å². The molecule has 0 aliphatic rings. The molecule has 33 heavy (non-hydrogen) atoms. The molecule has 0 saturated carbocycles. The van der Waals surface area contributed by atoms with Crippen LogP contribution < -0.4 is 4.83 Å². The Labute approximate surface area is 204 Å². The lowest BCUT2D eigenvalue weighted by Gasteiger charge is -2.13. The highest BCUT2D eigenvalue weighted by Gasteiger charge is 2.24. The molecule has 0 fully saturated rings. The molecule has 0 amide bonds. The molecule has 4 rings (SSSR count). The lowest BCUT2D eigenvalue weighted by molar-refractivity contribution is 0.592. The average molecular weight is 500 g/mol. The standard InChI is InChI=1S/C25H23Cl2N3O2S/c1-2-3-9-23-24(18-10-14-20(26)15-11-18)28-30(25(23)19-12-16-21(27)17-13-19)29-33(31,32)22-7-5-4-6-8-22/h4-8,10-17,29H,2-3,9H2,1H3. The minimum Gasteiger partial charge on any atom is -0.200 e. The summed E-state index contributed by atoms with van der Waals surface area (Å²) in [4.78, 5) is 4.17. The summed E-state index contributed by atoms with van der Waals surface area (Å²) in [6, 6.07) is 22.9. The molecule has 0 saturated heterocycles. The molecular formula is C25H23Cl2N3O2S. The van der Waals surface area contributed by atoms with Crippen LogP contribution in [0.15, 0.2) is 83.8 Å². The van der Waals surface area contributed by atoms with Crippen LogP contribution in [0.5, 0.6) is 0 Å². The molecule has 1 aromatic heterocycles. The Morgan fingerprint density at radius 3 is 2.00 bits per heavy atom. The number of hydrogen-bond acceptors (Lipinski definition) is 3. The number of nitrogens with zero attached hydrogens (tertiary/aromatic N) is 2. The first-order valence-electron chi connectivity index (χ1n) is 10.6. The lowest BCUT2D eigenvalue weighted by Crippen LogP contribution is -2.25. The SMILES string of the molecule is CCCCc1c(-c2ccc(Cl)cc2)nn(NS(=O)(=O)c2ccccc2)c1-c1ccc(Cl)cc1. The zero-order chi connectivity index (χ0) is 23.4. The zero-order valence-corrected chi connectivity index (χ0v) is 20.3. The van der Waals surface area contributed by atoms with Crippen molar-refractivity contribution in [3.05, 3.63) is 94.5 Å². The van der Waals surface area contributed by atoms with E-state index >= 15 is 0 Å². The number of unbranched alkanes of at least 4 members (excludes halogenated alkanes) is 1. The monoisotopic (exact) mass is 499 g/mol. The molecule has 170 valence electrons. The number of halogens is 2. The van der Waals surface area contributed by atoms with Gasteiger partial charge in [0.15, 0.2) is 0 Å². The second kappa shape index (κ2) is 10.00. The van der Waals surface area contributed by atoms with Crippen molar-refractivity contribution in [3.63, 3.8) is 0 Å². The van der Waals surface area contributed by atoms with Crippen molar-refractivity contribution >= 4 is 33.2 Å². The maximum atomic E-state index is 13.1. The van der Waals surface area contributed by atoms with Crippen LogP contribution in [-0.2, 0) is 16.4 Å². The van der Waals surface area contributed by atoms with Gasteiger partial charge in [-0.2, -0.15) is 23.1 Å².